The zero-order valence-electron chi connectivity index (χ0n) is 9.72. The highest BCUT2D eigenvalue weighted by atomic mass is 35.5. The number of nitro benzene ring substituents is 1. The summed E-state index contributed by atoms with van der Waals surface area (Å²) in [5, 5.41) is 21.7. The first kappa shape index (κ1) is 15.1. The number of hydrogen-bond donors (Lipinski definition) is 2. The van der Waals surface area contributed by atoms with Gasteiger partial charge in [-0.15, -0.1) is 0 Å². The molecule has 0 amide bonds. The van der Waals surface area contributed by atoms with Gasteiger partial charge in [-0.25, -0.2) is 9.18 Å². The highest BCUT2D eigenvalue weighted by molar-refractivity contribution is 6.31. The summed E-state index contributed by atoms with van der Waals surface area (Å²) in [5.41, 5.74) is -0.623. The van der Waals surface area contributed by atoms with Crippen molar-refractivity contribution in [3.05, 3.63) is 33.1 Å². The number of benzene rings is 1. The van der Waals surface area contributed by atoms with Crippen LogP contribution in [0.15, 0.2) is 12.1 Å². The van der Waals surface area contributed by atoms with Gasteiger partial charge in [-0.1, -0.05) is 11.6 Å². The summed E-state index contributed by atoms with van der Waals surface area (Å²) in [7, 11) is 1.19. The Morgan fingerprint density at radius 2 is 2.32 bits per heavy atom. The summed E-state index contributed by atoms with van der Waals surface area (Å²) in [4.78, 5) is 20.6. The van der Waals surface area contributed by atoms with Gasteiger partial charge in [0.05, 0.1) is 22.6 Å². The fourth-order valence-corrected chi connectivity index (χ4v) is 1.47. The predicted molar refractivity (Wildman–Crippen MR) is 65.0 cm³/mol. The molecule has 0 bridgehead atoms. The lowest BCUT2D eigenvalue weighted by atomic mass is 10.2. The first-order valence-electron chi connectivity index (χ1n) is 4.99. The van der Waals surface area contributed by atoms with Crippen LogP contribution in [-0.2, 0) is 9.53 Å². The number of aliphatic carboxylic acids is 1. The molecule has 1 rings (SSSR count). The minimum absolute atomic E-state index is 0.0836. The van der Waals surface area contributed by atoms with Crippen molar-refractivity contribution in [3.63, 3.8) is 0 Å². The van der Waals surface area contributed by atoms with Crippen LogP contribution < -0.4 is 5.32 Å². The van der Waals surface area contributed by atoms with E-state index in [-0.39, 0.29) is 17.3 Å². The third-order valence-corrected chi connectivity index (χ3v) is 2.56. The second-order valence-electron chi connectivity index (χ2n) is 3.48. The minimum atomic E-state index is -1.23. The van der Waals surface area contributed by atoms with Gasteiger partial charge < -0.3 is 15.2 Å². The molecule has 0 aliphatic carbocycles. The summed E-state index contributed by atoms with van der Waals surface area (Å²) in [6.07, 6.45) is -1.19. The number of carboxylic acids is 1. The zero-order valence-corrected chi connectivity index (χ0v) is 10.5. The van der Waals surface area contributed by atoms with E-state index in [1.807, 2.05) is 0 Å². The molecule has 1 unspecified atom stereocenters. The number of methoxy groups -OCH3 is 1. The van der Waals surface area contributed by atoms with Crippen LogP contribution in [0, 0.1) is 15.9 Å². The fraction of sp³-hybridized carbons (Fsp3) is 0.300. The van der Waals surface area contributed by atoms with E-state index >= 15 is 0 Å². The third kappa shape index (κ3) is 3.76. The monoisotopic (exact) mass is 292 g/mol. The maximum absolute atomic E-state index is 13.1. The first-order valence-corrected chi connectivity index (χ1v) is 5.37. The molecule has 0 aromatic heterocycles. The van der Waals surface area contributed by atoms with Gasteiger partial charge >= 0.3 is 5.97 Å². The van der Waals surface area contributed by atoms with E-state index in [0.717, 1.165) is 6.07 Å². The predicted octanol–water partition coefficient (Wildman–Crippen LogP) is 1.90. The van der Waals surface area contributed by atoms with Crippen LogP contribution in [0.5, 0.6) is 0 Å². The van der Waals surface area contributed by atoms with Gasteiger partial charge in [-0.3, -0.25) is 10.1 Å². The van der Waals surface area contributed by atoms with Crippen molar-refractivity contribution in [1.29, 1.82) is 0 Å². The molecule has 19 heavy (non-hydrogen) atoms. The van der Waals surface area contributed by atoms with Crippen molar-refractivity contribution in [2.45, 2.75) is 6.10 Å². The van der Waals surface area contributed by atoms with Crippen molar-refractivity contribution in [2.75, 3.05) is 19.0 Å². The molecule has 1 aromatic rings. The van der Waals surface area contributed by atoms with Crippen LogP contribution in [0.25, 0.3) is 0 Å². The first-order chi connectivity index (χ1) is 8.86. The van der Waals surface area contributed by atoms with Gasteiger partial charge in [0.1, 0.15) is 11.5 Å². The topological polar surface area (TPSA) is 102 Å². The molecule has 0 heterocycles. The van der Waals surface area contributed by atoms with E-state index in [1.165, 1.54) is 7.11 Å². The molecular formula is C10H10ClFN2O5. The van der Waals surface area contributed by atoms with Crippen LogP contribution in [0.3, 0.4) is 0 Å². The number of nitrogens with zero attached hydrogens (tertiary/aromatic N) is 1. The zero-order chi connectivity index (χ0) is 14.6. The van der Waals surface area contributed by atoms with Crippen molar-refractivity contribution >= 4 is 28.9 Å². The van der Waals surface area contributed by atoms with E-state index in [4.69, 9.17) is 16.7 Å². The summed E-state index contributed by atoms with van der Waals surface area (Å²) in [6, 6.07) is 1.68. The van der Waals surface area contributed by atoms with E-state index in [9.17, 15) is 19.3 Å². The van der Waals surface area contributed by atoms with Crippen LogP contribution in [0.2, 0.25) is 5.02 Å². The number of nitrogens with one attached hydrogen (secondary N) is 1. The number of carboxylic acid groups (broad SMARTS) is 1. The highest BCUT2D eigenvalue weighted by Crippen LogP contribution is 2.30. The molecule has 104 valence electrons. The third-order valence-electron chi connectivity index (χ3n) is 2.27. The average Bonchev–Trinajstić information content (AvgIpc) is 2.33. The molecule has 0 aliphatic rings. The number of rotatable bonds is 6. The number of halogens is 2. The maximum atomic E-state index is 13.1. The normalized spacial score (nSPS) is 11.9. The molecule has 0 spiro atoms. The largest absolute Gasteiger partial charge is 0.479 e. The van der Waals surface area contributed by atoms with Crippen LogP contribution in [0.1, 0.15) is 0 Å². The Hall–Kier alpha value is -1.93. The molecule has 1 atom stereocenters. The van der Waals surface area contributed by atoms with Gasteiger partial charge in [-0.2, -0.15) is 0 Å². The molecule has 0 radical (unpaired) electrons. The average molecular weight is 293 g/mol. The summed E-state index contributed by atoms with van der Waals surface area (Å²) in [5.74, 6) is -2.16. The Labute approximate surface area is 112 Å². The second-order valence-corrected chi connectivity index (χ2v) is 3.89. The van der Waals surface area contributed by atoms with Gasteiger partial charge in [0.25, 0.3) is 5.69 Å². The Morgan fingerprint density at radius 3 is 2.79 bits per heavy atom. The Kier molecular flexibility index (Phi) is 5.02. The number of carbonyl (C=O) groups is 1. The van der Waals surface area contributed by atoms with E-state index in [1.54, 1.807) is 0 Å². The molecule has 2 N–H and O–H groups in total. The van der Waals surface area contributed by atoms with Crippen molar-refractivity contribution in [2.24, 2.45) is 0 Å². The molecule has 7 nitrogen and oxygen atoms in total. The smallest absolute Gasteiger partial charge is 0.334 e. The Morgan fingerprint density at radius 1 is 1.68 bits per heavy atom. The molecule has 9 heteroatoms. The van der Waals surface area contributed by atoms with Gasteiger partial charge in [-0.05, 0) is 6.07 Å². The molecule has 0 aliphatic heterocycles. The van der Waals surface area contributed by atoms with Gasteiger partial charge in [0.15, 0.2) is 6.10 Å². The molecule has 0 saturated carbocycles. The second kappa shape index (κ2) is 6.30. The summed E-state index contributed by atoms with van der Waals surface area (Å²) in [6.45, 7) is -0.228. The van der Waals surface area contributed by atoms with Crippen LogP contribution in [-0.4, -0.2) is 35.8 Å². The maximum Gasteiger partial charge on any atom is 0.334 e. The fourth-order valence-electron chi connectivity index (χ4n) is 1.30. The molecule has 0 saturated heterocycles. The summed E-state index contributed by atoms with van der Waals surface area (Å²) < 4.78 is 17.8. The van der Waals surface area contributed by atoms with Crippen LogP contribution in [0.4, 0.5) is 15.8 Å². The van der Waals surface area contributed by atoms with Crippen molar-refractivity contribution < 1.29 is 24.0 Å². The number of hydrogen-bond acceptors (Lipinski definition) is 5. The van der Waals surface area contributed by atoms with Gasteiger partial charge in [0, 0.05) is 7.11 Å². The van der Waals surface area contributed by atoms with Crippen molar-refractivity contribution in [1.82, 2.24) is 0 Å². The quantitative estimate of drug-likeness (QED) is 0.613. The minimum Gasteiger partial charge on any atom is -0.479 e. The highest BCUT2D eigenvalue weighted by Gasteiger charge is 2.21. The Balaban J connectivity index is 2.97. The number of ether oxygens (including phenoxy) is 1. The van der Waals surface area contributed by atoms with E-state index in [2.05, 4.69) is 10.1 Å². The molecule has 0 fully saturated rings. The number of anilines is 1. The van der Waals surface area contributed by atoms with E-state index < -0.39 is 28.5 Å². The standard InChI is InChI=1S/C10H10ClFN2O5/c1-19-9(10(15)16)4-13-7-2-5(11)6(12)3-8(7)14(17)18/h2-3,9,13H,4H2,1H3,(H,15,16). The summed E-state index contributed by atoms with van der Waals surface area (Å²) >= 11 is 5.52. The van der Waals surface area contributed by atoms with E-state index in [0.29, 0.717) is 6.07 Å². The van der Waals surface area contributed by atoms with Crippen LogP contribution >= 0.6 is 11.6 Å². The molecular weight excluding hydrogens is 283 g/mol. The Bertz CT molecular complexity index is 511. The lowest BCUT2D eigenvalue weighted by Gasteiger charge is -2.13. The van der Waals surface area contributed by atoms with Crippen molar-refractivity contribution in [3.8, 4) is 0 Å². The SMILES string of the molecule is COC(CNc1cc(Cl)c(F)cc1[N+](=O)[O-])C(=O)O. The lowest BCUT2D eigenvalue weighted by molar-refractivity contribution is -0.384. The molecule has 1 aromatic carbocycles. The van der Waals surface area contributed by atoms with Gasteiger partial charge in [0.2, 0.25) is 0 Å². The lowest BCUT2D eigenvalue weighted by Crippen LogP contribution is -2.30. The number of nitro groups is 1.